The van der Waals surface area contributed by atoms with Crippen LogP contribution < -0.4 is 14.2 Å². The molecular formula is C15H23F3N2O3S. The molecule has 0 aliphatic carbocycles. The van der Waals surface area contributed by atoms with Gasteiger partial charge in [-0.2, -0.15) is 13.2 Å². The van der Waals surface area contributed by atoms with Crippen LogP contribution in [0.2, 0.25) is 0 Å². The molecule has 0 amide bonds. The van der Waals surface area contributed by atoms with E-state index in [0.29, 0.717) is 5.56 Å². The first-order chi connectivity index (χ1) is 10.9. The lowest BCUT2D eigenvalue weighted by molar-refractivity contribution is -0.154. The second kappa shape index (κ2) is 8.26. The van der Waals surface area contributed by atoms with Gasteiger partial charge in [0.2, 0.25) is 0 Å². The maximum Gasteiger partial charge on any atom is 0.422 e. The van der Waals surface area contributed by atoms with Crippen LogP contribution in [0, 0.1) is 0 Å². The highest BCUT2D eigenvalue weighted by molar-refractivity contribution is 7.90. The van der Waals surface area contributed by atoms with Crippen molar-refractivity contribution in [3.05, 3.63) is 17.8 Å². The molecule has 0 aromatic carbocycles. The Morgan fingerprint density at radius 2 is 1.92 bits per heavy atom. The summed E-state index contributed by atoms with van der Waals surface area (Å²) in [4.78, 5) is 3.90. The first kappa shape index (κ1) is 20.9. The number of pyridine rings is 1. The standard InChI is InChI=1S/C15H23F3N2O3S/c1-6-22-12-7-11(10(2)20-24(21)14(3,4)5)8-19-13(12)23-9-15(16,17)18/h7-8,10,20H,6,9H2,1-5H3/t10-,24-/m1/s1. The molecule has 1 rings (SSSR count). The van der Waals surface area contributed by atoms with Gasteiger partial charge < -0.3 is 14.0 Å². The van der Waals surface area contributed by atoms with Gasteiger partial charge >= 0.3 is 6.18 Å². The van der Waals surface area contributed by atoms with Gasteiger partial charge in [0.15, 0.2) is 12.4 Å². The molecule has 24 heavy (non-hydrogen) atoms. The molecule has 0 saturated heterocycles. The van der Waals surface area contributed by atoms with Gasteiger partial charge in [0.05, 0.1) is 12.6 Å². The Morgan fingerprint density at radius 3 is 2.42 bits per heavy atom. The van der Waals surface area contributed by atoms with Gasteiger partial charge in [0.1, 0.15) is 4.75 Å². The Balaban J connectivity index is 2.92. The van der Waals surface area contributed by atoms with Crippen LogP contribution in [0.1, 0.15) is 46.2 Å². The fraction of sp³-hybridized carbons (Fsp3) is 0.667. The fourth-order valence-corrected chi connectivity index (χ4v) is 2.42. The third-order valence-corrected chi connectivity index (χ3v) is 4.53. The number of nitrogens with one attached hydrogen (secondary N) is 1. The predicted molar refractivity (Wildman–Crippen MR) is 86.4 cm³/mol. The van der Waals surface area contributed by atoms with Gasteiger partial charge in [-0.25, -0.2) is 4.98 Å². The Morgan fingerprint density at radius 1 is 1.29 bits per heavy atom. The first-order valence-electron chi connectivity index (χ1n) is 7.44. The molecule has 5 nitrogen and oxygen atoms in total. The summed E-state index contributed by atoms with van der Waals surface area (Å²) in [6, 6.07) is 1.22. The van der Waals surface area contributed by atoms with E-state index in [4.69, 9.17) is 4.74 Å². The van der Waals surface area contributed by atoms with Crippen LogP contribution in [-0.2, 0) is 11.4 Å². The van der Waals surface area contributed by atoms with E-state index in [0.717, 1.165) is 0 Å². The first-order valence-corrected chi connectivity index (χ1v) is 8.59. The quantitative estimate of drug-likeness (QED) is 0.746. The van der Waals surface area contributed by atoms with Crippen molar-refractivity contribution in [2.24, 2.45) is 0 Å². The summed E-state index contributed by atoms with van der Waals surface area (Å²) in [5.41, 5.74) is 0.635. The van der Waals surface area contributed by atoms with Crippen molar-refractivity contribution in [3.63, 3.8) is 0 Å². The highest BCUT2D eigenvalue weighted by Gasteiger charge is 2.30. The summed E-state index contributed by atoms with van der Waals surface area (Å²) in [7, 11) is 0. The molecule has 0 saturated carbocycles. The molecule has 0 radical (unpaired) electrons. The van der Waals surface area contributed by atoms with E-state index in [9.17, 15) is 17.7 Å². The van der Waals surface area contributed by atoms with E-state index in [-0.39, 0.29) is 24.3 Å². The van der Waals surface area contributed by atoms with Gasteiger partial charge in [0, 0.05) is 17.6 Å². The van der Waals surface area contributed by atoms with E-state index >= 15 is 0 Å². The van der Waals surface area contributed by atoms with E-state index in [1.54, 1.807) is 19.9 Å². The van der Waals surface area contributed by atoms with Gasteiger partial charge in [-0.1, -0.05) is 0 Å². The summed E-state index contributed by atoms with van der Waals surface area (Å²) in [5, 5.41) is 0. The number of ether oxygens (including phenoxy) is 2. The van der Waals surface area contributed by atoms with Crippen molar-refractivity contribution in [3.8, 4) is 11.6 Å². The van der Waals surface area contributed by atoms with Crippen LogP contribution >= 0.6 is 0 Å². The van der Waals surface area contributed by atoms with Crippen molar-refractivity contribution in [1.82, 2.24) is 9.71 Å². The van der Waals surface area contributed by atoms with Gasteiger partial charge in [-0.3, -0.25) is 0 Å². The fourth-order valence-electron chi connectivity index (χ4n) is 1.61. The SMILES string of the molecule is CCOc1cc([C@@H](C)N[S@+]([O-])C(C)(C)C)cnc1OCC(F)(F)F. The zero-order valence-corrected chi connectivity index (χ0v) is 15.2. The summed E-state index contributed by atoms with van der Waals surface area (Å²) in [5.74, 6) is -0.100. The largest absolute Gasteiger partial charge is 0.598 e. The second-order valence-corrected chi connectivity index (χ2v) is 8.13. The second-order valence-electron chi connectivity index (χ2n) is 6.13. The summed E-state index contributed by atoms with van der Waals surface area (Å²) < 4.78 is 61.5. The van der Waals surface area contributed by atoms with E-state index in [1.807, 2.05) is 20.8 Å². The van der Waals surface area contributed by atoms with E-state index < -0.39 is 28.9 Å². The van der Waals surface area contributed by atoms with Crippen molar-refractivity contribution in [2.45, 2.75) is 51.6 Å². The van der Waals surface area contributed by atoms with Crippen molar-refractivity contribution >= 4 is 11.4 Å². The maximum absolute atomic E-state index is 12.3. The zero-order chi connectivity index (χ0) is 18.5. The highest BCUT2D eigenvalue weighted by Crippen LogP contribution is 2.30. The Labute approximate surface area is 143 Å². The number of halogens is 3. The molecule has 0 aliphatic heterocycles. The molecule has 0 fully saturated rings. The lowest BCUT2D eigenvalue weighted by Gasteiger charge is -2.26. The molecule has 1 aromatic heterocycles. The van der Waals surface area contributed by atoms with Crippen molar-refractivity contribution < 1.29 is 27.2 Å². The zero-order valence-electron chi connectivity index (χ0n) is 14.4. The predicted octanol–water partition coefficient (Wildman–Crippen LogP) is 3.53. The Kier molecular flexibility index (Phi) is 7.18. The third kappa shape index (κ3) is 6.74. The van der Waals surface area contributed by atoms with Crippen LogP contribution in [-0.4, -0.2) is 33.7 Å². The third-order valence-electron chi connectivity index (χ3n) is 2.85. The average molecular weight is 368 g/mol. The monoisotopic (exact) mass is 368 g/mol. The lowest BCUT2D eigenvalue weighted by Crippen LogP contribution is -2.40. The number of nitrogens with zero attached hydrogens (tertiary/aromatic N) is 1. The number of rotatable bonds is 7. The maximum atomic E-state index is 12.3. The Hall–Kier alpha value is -1.19. The highest BCUT2D eigenvalue weighted by atomic mass is 32.2. The van der Waals surface area contributed by atoms with Crippen molar-refractivity contribution in [1.29, 1.82) is 0 Å². The summed E-state index contributed by atoms with van der Waals surface area (Å²) in [6.07, 6.45) is -3.08. The molecule has 9 heteroatoms. The number of hydrogen-bond acceptors (Lipinski definition) is 5. The molecule has 138 valence electrons. The number of alkyl halides is 3. The van der Waals surface area contributed by atoms with E-state index in [1.165, 1.54) is 6.20 Å². The van der Waals surface area contributed by atoms with Crippen LogP contribution in [0.4, 0.5) is 13.2 Å². The molecular weight excluding hydrogens is 345 g/mol. The molecule has 0 aliphatic rings. The smallest absolute Gasteiger partial charge is 0.422 e. The summed E-state index contributed by atoms with van der Waals surface area (Å²) in [6.45, 7) is 7.80. The molecule has 0 bridgehead atoms. The molecule has 1 aromatic rings. The molecule has 1 heterocycles. The van der Waals surface area contributed by atoms with Gasteiger partial charge in [-0.05, 0) is 46.2 Å². The van der Waals surface area contributed by atoms with Crippen LogP contribution in [0.3, 0.4) is 0 Å². The number of hydrogen-bond donors (Lipinski definition) is 1. The minimum atomic E-state index is -4.46. The summed E-state index contributed by atoms with van der Waals surface area (Å²) >= 11 is -1.30. The van der Waals surface area contributed by atoms with Crippen molar-refractivity contribution in [2.75, 3.05) is 13.2 Å². The molecule has 1 N–H and O–H groups in total. The van der Waals surface area contributed by atoms with Gasteiger partial charge in [0.25, 0.3) is 5.88 Å². The van der Waals surface area contributed by atoms with Crippen LogP contribution in [0.15, 0.2) is 12.3 Å². The van der Waals surface area contributed by atoms with Crippen LogP contribution in [0.5, 0.6) is 11.6 Å². The molecule has 2 atom stereocenters. The minimum absolute atomic E-state index is 0.120. The van der Waals surface area contributed by atoms with Crippen LogP contribution in [0.25, 0.3) is 0 Å². The Bertz CT molecular complexity index is 536. The average Bonchev–Trinajstić information content (AvgIpc) is 2.44. The lowest BCUT2D eigenvalue weighted by atomic mass is 10.1. The molecule has 0 spiro atoms. The number of aromatic nitrogens is 1. The van der Waals surface area contributed by atoms with E-state index in [2.05, 4.69) is 14.4 Å². The topological polar surface area (TPSA) is 66.4 Å². The normalized spacial score (nSPS) is 15.0. The minimum Gasteiger partial charge on any atom is -0.598 e. The molecule has 0 unspecified atom stereocenters. The van der Waals surface area contributed by atoms with Gasteiger partial charge in [-0.15, -0.1) is 4.72 Å².